The highest BCUT2D eigenvalue weighted by Crippen LogP contribution is 2.37. The fourth-order valence-corrected chi connectivity index (χ4v) is 15.0. The molecule has 0 amide bonds. The standard InChI is InChI=1S/C60H42N2Si/c1-5-18-43(19-6-1)45-20-17-21-46(40-45)44-32-34-47(35-33-44)61-57-30-15-13-28-53(57)55-41-48(36-38-59(55)61)62-58-31-16-14-29-54(58)56-42-52(37-39-60(56)62)63(49-22-7-2-8-23-49,50-24-9-3-10-25-50)51-26-11-4-12-27-51/h1-42H. The Morgan fingerprint density at radius 2 is 0.619 bits per heavy atom. The maximum absolute atomic E-state index is 2.72. The molecule has 296 valence electrons. The van der Waals surface area contributed by atoms with Crippen molar-refractivity contribution in [3.8, 4) is 33.6 Å². The van der Waals surface area contributed by atoms with Gasteiger partial charge in [0.1, 0.15) is 0 Å². The molecule has 2 aromatic heterocycles. The molecule has 0 saturated heterocycles. The van der Waals surface area contributed by atoms with Gasteiger partial charge in [0.05, 0.1) is 22.1 Å². The summed E-state index contributed by atoms with van der Waals surface area (Å²) in [5, 5.41) is 10.5. The molecule has 0 aliphatic rings. The summed E-state index contributed by atoms with van der Waals surface area (Å²) < 4.78 is 4.88. The Morgan fingerprint density at radius 3 is 1.17 bits per heavy atom. The molecule has 0 radical (unpaired) electrons. The Balaban J connectivity index is 1.01. The second-order valence-electron chi connectivity index (χ2n) is 16.5. The molecule has 0 bridgehead atoms. The van der Waals surface area contributed by atoms with Crippen molar-refractivity contribution >= 4 is 72.4 Å². The third-order valence-corrected chi connectivity index (χ3v) is 17.8. The van der Waals surface area contributed by atoms with Crippen LogP contribution in [0.25, 0.3) is 77.2 Å². The minimum Gasteiger partial charge on any atom is -0.309 e. The predicted molar refractivity (Wildman–Crippen MR) is 270 cm³/mol. The summed E-state index contributed by atoms with van der Waals surface area (Å²) in [5.41, 5.74) is 11.9. The van der Waals surface area contributed by atoms with Gasteiger partial charge in [0.15, 0.2) is 8.07 Å². The first-order chi connectivity index (χ1) is 31.3. The zero-order valence-electron chi connectivity index (χ0n) is 34.6. The molecule has 2 heterocycles. The maximum atomic E-state index is 2.51. The minimum absolute atomic E-state index is 1.14. The molecular formula is C60H42N2Si. The zero-order valence-corrected chi connectivity index (χ0v) is 35.6. The molecule has 0 aliphatic heterocycles. The molecule has 10 aromatic carbocycles. The van der Waals surface area contributed by atoms with Crippen LogP contribution in [0.1, 0.15) is 0 Å². The first-order valence-electron chi connectivity index (χ1n) is 21.8. The van der Waals surface area contributed by atoms with Gasteiger partial charge in [-0.3, -0.25) is 0 Å². The number of hydrogen-bond donors (Lipinski definition) is 0. The van der Waals surface area contributed by atoms with Gasteiger partial charge < -0.3 is 9.13 Å². The number of hydrogen-bond acceptors (Lipinski definition) is 0. The van der Waals surface area contributed by atoms with E-state index in [0.717, 1.165) is 11.4 Å². The molecular weight excluding hydrogens is 777 g/mol. The summed E-state index contributed by atoms with van der Waals surface area (Å²) in [6.45, 7) is 0. The highest BCUT2D eigenvalue weighted by atomic mass is 28.3. The second kappa shape index (κ2) is 15.2. The lowest BCUT2D eigenvalue weighted by molar-refractivity contribution is 1.17. The van der Waals surface area contributed by atoms with Crippen molar-refractivity contribution in [2.75, 3.05) is 0 Å². The summed E-state index contributed by atoms with van der Waals surface area (Å²) in [4.78, 5) is 0. The molecule has 3 heteroatoms. The molecule has 2 nitrogen and oxygen atoms in total. The van der Waals surface area contributed by atoms with Gasteiger partial charge in [0.2, 0.25) is 0 Å². The lowest BCUT2D eigenvalue weighted by Gasteiger charge is -2.34. The molecule has 12 aromatic rings. The van der Waals surface area contributed by atoms with Gasteiger partial charge in [-0.05, 0) is 97.6 Å². The summed E-state index contributed by atoms with van der Waals surface area (Å²) in [6.07, 6.45) is 0. The molecule has 63 heavy (non-hydrogen) atoms. The summed E-state index contributed by atoms with van der Waals surface area (Å²) in [6, 6.07) is 94.1. The Labute approximate surface area is 368 Å². The molecule has 0 saturated carbocycles. The van der Waals surface area contributed by atoms with E-state index in [0.29, 0.717) is 0 Å². The summed E-state index contributed by atoms with van der Waals surface area (Å²) in [7, 11) is -2.72. The van der Waals surface area contributed by atoms with Crippen LogP contribution in [0.4, 0.5) is 0 Å². The molecule has 0 atom stereocenters. The molecule has 12 rings (SSSR count). The number of rotatable bonds is 8. The van der Waals surface area contributed by atoms with Crippen LogP contribution < -0.4 is 20.7 Å². The Kier molecular flexibility index (Phi) is 8.87. The van der Waals surface area contributed by atoms with Crippen molar-refractivity contribution in [1.29, 1.82) is 0 Å². The number of para-hydroxylation sites is 2. The minimum atomic E-state index is -2.72. The van der Waals surface area contributed by atoms with Gasteiger partial charge >= 0.3 is 0 Å². The summed E-state index contributed by atoms with van der Waals surface area (Å²) >= 11 is 0. The Hall–Kier alpha value is -7.98. The number of fused-ring (bicyclic) bond motifs is 6. The lowest BCUT2D eigenvalue weighted by Crippen LogP contribution is -2.74. The predicted octanol–water partition coefficient (Wildman–Crippen LogP) is 12.6. The van der Waals surface area contributed by atoms with E-state index in [-0.39, 0.29) is 0 Å². The largest absolute Gasteiger partial charge is 0.309 e. The third kappa shape index (κ3) is 6.00. The van der Waals surface area contributed by atoms with Gasteiger partial charge in [-0.25, -0.2) is 0 Å². The topological polar surface area (TPSA) is 9.86 Å². The van der Waals surface area contributed by atoms with Gasteiger partial charge in [0, 0.05) is 32.9 Å². The van der Waals surface area contributed by atoms with E-state index in [1.54, 1.807) is 0 Å². The van der Waals surface area contributed by atoms with Crippen LogP contribution in [0.3, 0.4) is 0 Å². The van der Waals surface area contributed by atoms with Crippen molar-refractivity contribution in [1.82, 2.24) is 9.13 Å². The average molecular weight is 819 g/mol. The second-order valence-corrected chi connectivity index (χ2v) is 20.3. The first kappa shape index (κ1) is 36.8. The van der Waals surface area contributed by atoms with E-state index < -0.39 is 8.07 Å². The highest BCUT2D eigenvalue weighted by Gasteiger charge is 2.41. The Morgan fingerprint density at radius 1 is 0.222 bits per heavy atom. The van der Waals surface area contributed by atoms with Crippen molar-refractivity contribution in [3.05, 3.63) is 255 Å². The van der Waals surface area contributed by atoms with Gasteiger partial charge in [0.25, 0.3) is 0 Å². The molecule has 0 unspecified atom stereocenters. The lowest BCUT2D eigenvalue weighted by atomic mass is 9.99. The molecule has 0 spiro atoms. The van der Waals surface area contributed by atoms with Gasteiger partial charge in [-0.2, -0.15) is 0 Å². The van der Waals surface area contributed by atoms with Crippen LogP contribution >= 0.6 is 0 Å². The Bertz CT molecular complexity index is 3490. The summed E-state index contributed by atoms with van der Waals surface area (Å²) in [5.74, 6) is 0. The van der Waals surface area contributed by atoms with Gasteiger partial charge in [-0.15, -0.1) is 0 Å². The van der Waals surface area contributed by atoms with Crippen LogP contribution in [0.5, 0.6) is 0 Å². The number of benzene rings is 10. The first-order valence-corrected chi connectivity index (χ1v) is 23.8. The quantitative estimate of drug-likeness (QED) is 0.107. The van der Waals surface area contributed by atoms with Crippen LogP contribution in [-0.4, -0.2) is 17.2 Å². The van der Waals surface area contributed by atoms with E-state index >= 15 is 0 Å². The van der Waals surface area contributed by atoms with Crippen LogP contribution in [0.15, 0.2) is 255 Å². The van der Waals surface area contributed by atoms with Crippen molar-refractivity contribution in [2.24, 2.45) is 0 Å². The van der Waals surface area contributed by atoms with Crippen molar-refractivity contribution in [3.63, 3.8) is 0 Å². The monoisotopic (exact) mass is 818 g/mol. The highest BCUT2D eigenvalue weighted by molar-refractivity contribution is 7.20. The van der Waals surface area contributed by atoms with Gasteiger partial charge in [-0.1, -0.05) is 200 Å². The molecule has 0 fully saturated rings. The van der Waals surface area contributed by atoms with Crippen molar-refractivity contribution < 1.29 is 0 Å². The maximum Gasteiger partial charge on any atom is 0.179 e. The molecule has 0 N–H and O–H groups in total. The molecule has 0 aliphatic carbocycles. The average Bonchev–Trinajstić information content (AvgIpc) is 3.88. The van der Waals surface area contributed by atoms with Crippen LogP contribution in [0.2, 0.25) is 0 Å². The van der Waals surface area contributed by atoms with E-state index in [1.165, 1.54) is 86.6 Å². The van der Waals surface area contributed by atoms with E-state index in [4.69, 9.17) is 0 Å². The fourth-order valence-electron chi connectivity index (χ4n) is 10.2. The zero-order chi connectivity index (χ0) is 41.7. The van der Waals surface area contributed by atoms with E-state index in [2.05, 4.69) is 264 Å². The smallest absolute Gasteiger partial charge is 0.179 e. The fraction of sp³-hybridized carbons (Fsp3) is 0. The number of aromatic nitrogens is 2. The normalized spacial score (nSPS) is 11.8. The van der Waals surface area contributed by atoms with Crippen molar-refractivity contribution in [2.45, 2.75) is 0 Å². The number of nitrogens with zero attached hydrogens (tertiary/aromatic N) is 2. The SMILES string of the molecule is c1ccc(-c2cccc(-c3ccc(-n4c5ccccc5c5cc(-n6c7ccccc7c7cc([Si](c8ccccc8)(c8ccccc8)c8ccccc8)ccc76)ccc54)cc3)c2)cc1. The van der Waals surface area contributed by atoms with Crippen LogP contribution in [0, 0.1) is 0 Å². The van der Waals surface area contributed by atoms with E-state index in [1.807, 2.05) is 0 Å². The van der Waals surface area contributed by atoms with Crippen LogP contribution in [-0.2, 0) is 0 Å². The third-order valence-electron chi connectivity index (χ3n) is 13.1. The van der Waals surface area contributed by atoms with E-state index in [9.17, 15) is 0 Å².